The van der Waals surface area contributed by atoms with Crippen LogP contribution in [0.1, 0.15) is 52.0 Å². The van der Waals surface area contributed by atoms with Crippen LogP contribution < -0.4 is 10.1 Å². The summed E-state index contributed by atoms with van der Waals surface area (Å²) in [6.45, 7) is 9.09. The summed E-state index contributed by atoms with van der Waals surface area (Å²) in [7, 11) is 1.68. The van der Waals surface area contributed by atoms with E-state index in [1.54, 1.807) is 13.3 Å². The van der Waals surface area contributed by atoms with Crippen LogP contribution in [0.4, 0.5) is 0 Å². The molecule has 0 bridgehead atoms. The van der Waals surface area contributed by atoms with Crippen LogP contribution >= 0.6 is 0 Å². The number of nitrogens with zero attached hydrogens (tertiary/aromatic N) is 1. The van der Waals surface area contributed by atoms with E-state index in [1.165, 1.54) is 25.7 Å². The molecule has 0 saturated heterocycles. The summed E-state index contributed by atoms with van der Waals surface area (Å²) in [5.74, 6) is 2.46. The third kappa shape index (κ3) is 4.70. The van der Waals surface area contributed by atoms with Gasteiger partial charge >= 0.3 is 0 Å². The van der Waals surface area contributed by atoms with Crippen LogP contribution in [0, 0.1) is 17.3 Å². The molecule has 1 heterocycles. The third-order valence-electron chi connectivity index (χ3n) is 4.86. The van der Waals surface area contributed by atoms with Crippen molar-refractivity contribution >= 4 is 0 Å². The first kappa shape index (κ1) is 16.3. The Morgan fingerprint density at radius 2 is 1.95 bits per heavy atom. The molecule has 1 N–H and O–H groups in total. The van der Waals surface area contributed by atoms with Gasteiger partial charge in [0, 0.05) is 18.3 Å². The highest BCUT2D eigenvalue weighted by Crippen LogP contribution is 2.39. The van der Waals surface area contributed by atoms with Gasteiger partial charge in [0.1, 0.15) is 0 Å². The summed E-state index contributed by atoms with van der Waals surface area (Å²) in [4.78, 5) is 4.24. The molecule has 0 radical (unpaired) electrons. The Hall–Kier alpha value is -1.09. The van der Waals surface area contributed by atoms with Gasteiger partial charge in [0.15, 0.2) is 0 Å². The second kappa shape index (κ2) is 7.26. The van der Waals surface area contributed by atoms with Crippen LogP contribution in [-0.2, 0) is 6.54 Å². The Morgan fingerprint density at radius 3 is 2.57 bits per heavy atom. The smallest absolute Gasteiger partial charge is 0.217 e. The minimum atomic E-state index is 0.474. The normalized spacial score (nSPS) is 23.0. The fraction of sp³-hybridized carbons (Fsp3) is 0.722. The zero-order chi connectivity index (χ0) is 15.3. The van der Waals surface area contributed by atoms with Crippen LogP contribution in [0.2, 0.25) is 0 Å². The van der Waals surface area contributed by atoms with Gasteiger partial charge in [-0.25, -0.2) is 4.98 Å². The minimum absolute atomic E-state index is 0.474. The van der Waals surface area contributed by atoms with E-state index in [9.17, 15) is 0 Å². The van der Waals surface area contributed by atoms with Gasteiger partial charge in [-0.1, -0.05) is 26.8 Å². The van der Waals surface area contributed by atoms with Crippen LogP contribution in [-0.4, -0.2) is 18.6 Å². The minimum Gasteiger partial charge on any atom is -0.481 e. The average Bonchev–Trinajstić information content (AvgIpc) is 2.47. The van der Waals surface area contributed by atoms with Gasteiger partial charge in [-0.15, -0.1) is 0 Å². The van der Waals surface area contributed by atoms with Gasteiger partial charge < -0.3 is 10.1 Å². The zero-order valence-electron chi connectivity index (χ0n) is 14.0. The zero-order valence-corrected chi connectivity index (χ0v) is 14.0. The number of aromatic nitrogens is 1. The largest absolute Gasteiger partial charge is 0.481 e. The Balaban J connectivity index is 1.73. The first-order valence-corrected chi connectivity index (χ1v) is 8.19. The predicted molar refractivity (Wildman–Crippen MR) is 87.4 cm³/mol. The molecule has 1 aromatic rings. The van der Waals surface area contributed by atoms with Crippen molar-refractivity contribution in [3.05, 3.63) is 23.9 Å². The molecule has 2 rings (SSSR count). The lowest BCUT2D eigenvalue weighted by molar-refractivity contribution is 0.149. The summed E-state index contributed by atoms with van der Waals surface area (Å²) >= 11 is 0. The molecule has 1 aliphatic carbocycles. The van der Waals surface area contributed by atoms with Crippen molar-refractivity contribution in [2.24, 2.45) is 17.3 Å². The highest BCUT2D eigenvalue weighted by Gasteiger charge is 2.29. The topological polar surface area (TPSA) is 34.1 Å². The number of ether oxygens (including phenoxy) is 1. The van der Waals surface area contributed by atoms with Gasteiger partial charge in [0.25, 0.3) is 0 Å². The van der Waals surface area contributed by atoms with E-state index < -0.39 is 0 Å². The van der Waals surface area contributed by atoms with Gasteiger partial charge in [0.2, 0.25) is 5.88 Å². The van der Waals surface area contributed by atoms with Gasteiger partial charge in [-0.2, -0.15) is 0 Å². The maximum Gasteiger partial charge on any atom is 0.217 e. The first-order chi connectivity index (χ1) is 10.0. The number of pyridine rings is 1. The fourth-order valence-corrected chi connectivity index (χ4v) is 3.39. The Labute approximate surface area is 129 Å². The molecule has 0 amide bonds. The molecule has 1 aromatic heterocycles. The van der Waals surface area contributed by atoms with Crippen LogP contribution in [0.15, 0.2) is 18.3 Å². The van der Waals surface area contributed by atoms with Crippen LogP contribution in [0.25, 0.3) is 0 Å². The Kier molecular flexibility index (Phi) is 5.63. The van der Waals surface area contributed by atoms with Crippen molar-refractivity contribution in [1.29, 1.82) is 0 Å². The molecule has 1 saturated carbocycles. The van der Waals surface area contributed by atoms with Gasteiger partial charge in [-0.3, -0.25) is 0 Å². The second-order valence-electron chi connectivity index (χ2n) is 7.39. The van der Waals surface area contributed by atoms with Crippen molar-refractivity contribution in [2.75, 3.05) is 13.7 Å². The lowest BCUT2D eigenvalue weighted by atomic mass is 9.70. The van der Waals surface area contributed by atoms with E-state index in [4.69, 9.17) is 4.74 Å². The quantitative estimate of drug-likeness (QED) is 0.889. The summed E-state index contributed by atoms with van der Waals surface area (Å²) in [5, 5.41) is 3.58. The van der Waals surface area contributed by atoms with Crippen molar-refractivity contribution < 1.29 is 4.74 Å². The van der Waals surface area contributed by atoms with Crippen molar-refractivity contribution in [3.63, 3.8) is 0 Å². The lowest BCUT2D eigenvalue weighted by Gasteiger charge is -2.37. The molecule has 0 unspecified atom stereocenters. The average molecular weight is 290 g/mol. The number of rotatable bonds is 5. The Morgan fingerprint density at radius 1 is 1.24 bits per heavy atom. The highest BCUT2D eigenvalue weighted by molar-refractivity contribution is 5.24. The monoisotopic (exact) mass is 290 g/mol. The van der Waals surface area contributed by atoms with E-state index in [-0.39, 0.29) is 0 Å². The second-order valence-corrected chi connectivity index (χ2v) is 7.39. The maximum atomic E-state index is 5.29. The molecule has 0 spiro atoms. The van der Waals surface area contributed by atoms with Crippen LogP contribution in [0.5, 0.6) is 5.88 Å². The van der Waals surface area contributed by atoms with Crippen molar-refractivity contribution in [1.82, 2.24) is 10.3 Å². The highest BCUT2D eigenvalue weighted by atomic mass is 16.5. The van der Waals surface area contributed by atoms with Gasteiger partial charge in [0.05, 0.1) is 7.11 Å². The van der Waals surface area contributed by atoms with Crippen molar-refractivity contribution in [3.8, 4) is 5.88 Å². The lowest BCUT2D eigenvalue weighted by Crippen LogP contribution is -2.30. The fourth-order valence-electron chi connectivity index (χ4n) is 3.39. The van der Waals surface area contributed by atoms with E-state index >= 15 is 0 Å². The molecule has 1 fully saturated rings. The predicted octanol–water partition coefficient (Wildman–Crippen LogP) is 4.03. The first-order valence-electron chi connectivity index (χ1n) is 8.19. The molecular formula is C18H30N2O. The molecule has 21 heavy (non-hydrogen) atoms. The molecule has 3 heteroatoms. The van der Waals surface area contributed by atoms with Crippen LogP contribution in [0.3, 0.4) is 0 Å². The summed E-state index contributed by atoms with van der Waals surface area (Å²) < 4.78 is 5.29. The molecule has 118 valence electrons. The van der Waals surface area contributed by atoms with E-state index in [0.717, 1.165) is 36.4 Å². The number of nitrogens with one attached hydrogen (secondary N) is 1. The SMILES string of the molecule is COc1ncccc1CNCC1CCC(C(C)(C)C)CC1. The number of methoxy groups -OCH3 is 1. The number of hydrogen-bond donors (Lipinski definition) is 1. The maximum absolute atomic E-state index is 5.29. The molecule has 0 aromatic carbocycles. The molecule has 0 aliphatic heterocycles. The van der Waals surface area contributed by atoms with E-state index in [0.29, 0.717) is 5.41 Å². The molecule has 3 nitrogen and oxygen atoms in total. The number of hydrogen-bond acceptors (Lipinski definition) is 3. The molecule has 1 aliphatic rings. The molecule has 0 atom stereocenters. The van der Waals surface area contributed by atoms with Crippen molar-refractivity contribution in [2.45, 2.75) is 53.0 Å². The summed E-state index contributed by atoms with van der Waals surface area (Å²) in [5.41, 5.74) is 1.62. The van der Waals surface area contributed by atoms with E-state index in [2.05, 4.69) is 37.1 Å². The summed E-state index contributed by atoms with van der Waals surface area (Å²) in [6.07, 6.45) is 7.26. The summed E-state index contributed by atoms with van der Waals surface area (Å²) in [6, 6.07) is 4.05. The molecular weight excluding hydrogens is 260 g/mol. The van der Waals surface area contributed by atoms with Gasteiger partial charge in [-0.05, 0) is 55.5 Å². The standard InChI is InChI=1S/C18H30N2O/c1-18(2,3)16-9-7-14(8-10-16)12-19-13-15-6-5-11-20-17(15)21-4/h5-6,11,14,16,19H,7-10,12-13H2,1-4H3. The third-order valence-corrected chi connectivity index (χ3v) is 4.86. The van der Waals surface area contributed by atoms with E-state index in [1.807, 2.05) is 6.07 Å². The Bertz CT molecular complexity index is 431.